The van der Waals surface area contributed by atoms with Gasteiger partial charge in [0.25, 0.3) is 0 Å². The van der Waals surface area contributed by atoms with Crippen LogP contribution in [0.15, 0.2) is 12.7 Å². The molecule has 0 spiro atoms. The topological polar surface area (TPSA) is 101 Å². The minimum absolute atomic E-state index is 0.0408. The molecule has 0 saturated heterocycles. The lowest BCUT2D eigenvalue weighted by atomic mass is 9.74. The maximum absolute atomic E-state index is 11.6. The van der Waals surface area contributed by atoms with Gasteiger partial charge in [0.1, 0.15) is 6.11 Å². The molecule has 0 aromatic heterocycles. The van der Waals surface area contributed by atoms with Crippen LogP contribution in [-0.2, 0) is 19.1 Å². The van der Waals surface area contributed by atoms with Crippen molar-refractivity contribution < 1.29 is 29.3 Å². The number of carbonyl (C=O) groups excluding carboxylic acids is 1. The van der Waals surface area contributed by atoms with Crippen molar-refractivity contribution >= 4 is 17.9 Å². The van der Waals surface area contributed by atoms with E-state index in [9.17, 15) is 14.4 Å². The second-order valence-electron chi connectivity index (χ2n) is 4.27. The normalized spacial score (nSPS) is 25.6. The molecular formula is C13H14O6. The van der Waals surface area contributed by atoms with Crippen molar-refractivity contribution in [3.8, 4) is 12.0 Å². The standard InChI is InChI=1S/C13H14O6/c1-2-3-6-19-13(18)8-4-5-9(11(14)15)10(7-8)12(16)17/h2,8-10H,1,4-5,7H2,(H,14,15)(H,16,17). The lowest BCUT2D eigenvalue weighted by Gasteiger charge is -2.29. The number of hydrogen-bond acceptors (Lipinski definition) is 4. The van der Waals surface area contributed by atoms with E-state index in [-0.39, 0.29) is 19.3 Å². The summed E-state index contributed by atoms with van der Waals surface area (Å²) in [5.41, 5.74) is 0. The molecule has 1 aliphatic rings. The van der Waals surface area contributed by atoms with Gasteiger partial charge in [-0.25, -0.2) is 0 Å². The molecule has 3 atom stereocenters. The van der Waals surface area contributed by atoms with Crippen molar-refractivity contribution in [3.05, 3.63) is 12.7 Å². The fourth-order valence-corrected chi connectivity index (χ4v) is 2.16. The third-order valence-electron chi connectivity index (χ3n) is 3.13. The number of carboxylic acid groups (broad SMARTS) is 2. The van der Waals surface area contributed by atoms with Crippen molar-refractivity contribution in [2.75, 3.05) is 0 Å². The first-order chi connectivity index (χ1) is 8.97. The number of esters is 1. The molecule has 0 aromatic carbocycles. The summed E-state index contributed by atoms with van der Waals surface area (Å²) in [5.74, 6) is -3.29. The summed E-state index contributed by atoms with van der Waals surface area (Å²) < 4.78 is 4.63. The summed E-state index contributed by atoms with van der Waals surface area (Å²) in [7, 11) is 0. The van der Waals surface area contributed by atoms with Crippen molar-refractivity contribution in [2.45, 2.75) is 19.3 Å². The highest BCUT2D eigenvalue weighted by atomic mass is 16.5. The number of carbonyl (C=O) groups is 3. The van der Waals surface area contributed by atoms with Gasteiger partial charge >= 0.3 is 17.9 Å². The van der Waals surface area contributed by atoms with Gasteiger partial charge in [0.15, 0.2) is 0 Å². The Morgan fingerprint density at radius 1 is 1.16 bits per heavy atom. The number of hydrogen-bond donors (Lipinski definition) is 2. The Morgan fingerprint density at radius 2 is 1.79 bits per heavy atom. The predicted octanol–water partition coefficient (Wildman–Crippen LogP) is 0.878. The maximum atomic E-state index is 11.6. The minimum atomic E-state index is -1.21. The molecule has 0 bridgehead atoms. The van der Waals surface area contributed by atoms with Crippen LogP contribution in [-0.4, -0.2) is 28.1 Å². The monoisotopic (exact) mass is 266 g/mol. The van der Waals surface area contributed by atoms with E-state index < -0.39 is 35.7 Å². The summed E-state index contributed by atoms with van der Waals surface area (Å²) in [6.45, 7) is 3.33. The van der Waals surface area contributed by atoms with Crippen LogP contribution < -0.4 is 0 Å². The van der Waals surface area contributed by atoms with Crippen molar-refractivity contribution in [1.29, 1.82) is 0 Å². The molecular weight excluding hydrogens is 252 g/mol. The molecule has 2 N–H and O–H groups in total. The first kappa shape index (κ1) is 14.8. The Hall–Kier alpha value is -2.29. The predicted molar refractivity (Wildman–Crippen MR) is 63.7 cm³/mol. The molecule has 6 heteroatoms. The molecule has 1 saturated carbocycles. The first-order valence-corrected chi connectivity index (χ1v) is 5.75. The SMILES string of the molecule is C=CC#COC(=O)C1CCC(C(=O)O)C(C(=O)O)C1. The number of carboxylic acids is 2. The summed E-state index contributed by atoms with van der Waals surface area (Å²) >= 11 is 0. The smallest absolute Gasteiger partial charge is 0.322 e. The lowest BCUT2D eigenvalue weighted by molar-refractivity contribution is -0.159. The molecule has 0 amide bonds. The van der Waals surface area contributed by atoms with E-state index in [0.717, 1.165) is 0 Å². The largest absolute Gasteiger partial charge is 0.481 e. The van der Waals surface area contributed by atoms with E-state index in [2.05, 4.69) is 23.3 Å². The van der Waals surface area contributed by atoms with E-state index in [0.29, 0.717) is 0 Å². The third-order valence-corrected chi connectivity index (χ3v) is 3.13. The van der Waals surface area contributed by atoms with Crippen LogP contribution in [0.3, 0.4) is 0 Å². The molecule has 6 nitrogen and oxygen atoms in total. The van der Waals surface area contributed by atoms with Crippen LogP contribution in [0.1, 0.15) is 19.3 Å². The van der Waals surface area contributed by atoms with E-state index in [4.69, 9.17) is 10.2 Å². The van der Waals surface area contributed by atoms with Gasteiger partial charge in [-0.05, 0) is 31.3 Å². The van der Waals surface area contributed by atoms with Gasteiger partial charge in [0.2, 0.25) is 0 Å². The Kier molecular flexibility index (Phi) is 5.12. The van der Waals surface area contributed by atoms with Gasteiger partial charge in [0.05, 0.1) is 17.8 Å². The average Bonchev–Trinajstić information content (AvgIpc) is 2.38. The lowest BCUT2D eigenvalue weighted by Crippen LogP contribution is -2.37. The van der Waals surface area contributed by atoms with Crippen molar-refractivity contribution in [1.82, 2.24) is 0 Å². The van der Waals surface area contributed by atoms with Crippen LogP contribution in [0.2, 0.25) is 0 Å². The van der Waals surface area contributed by atoms with E-state index in [1.165, 1.54) is 6.08 Å². The highest BCUT2D eigenvalue weighted by molar-refractivity contribution is 5.82. The van der Waals surface area contributed by atoms with Gasteiger partial charge < -0.3 is 14.9 Å². The van der Waals surface area contributed by atoms with Crippen LogP contribution in [0.4, 0.5) is 0 Å². The molecule has 102 valence electrons. The summed E-state index contributed by atoms with van der Waals surface area (Å²) in [6, 6.07) is 0. The fourth-order valence-electron chi connectivity index (χ4n) is 2.16. The molecule has 3 unspecified atom stereocenters. The van der Waals surface area contributed by atoms with Crippen molar-refractivity contribution in [2.24, 2.45) is 17.8 Å². The molecule has 1 aliphatic carbocycles. The second kappa shape index (κ2) is 6.59. The number of aliphatic carboxylic acids is 2. The summed E-state index contributed by atoms with van der Waals surface area (Å²) in [5, 5.41) is 18.0. The Balaban J connectivity index is 2.71. The zero-order valence-corrected chi connectivity index (χ0v) is 10.2. The highest BCUT2D eigenvalue weighted by Gasteiger charge is 2.42. The molecule has 19 heavy (non-hydrogen) atoms. The van der Waals surface area contributed by atoms with E-state index in [1.54, 1.807) is 0 Å². The van der Waals surface area contributed by atoms with Crippen LogP contribution in [0.5, 0.6) is 0 Å². The van der Waals surface area contributed by atoms with Crippen LogP contribution in [0, 0.1) is 29.8 Å². The fraction of sp³-hybridized carbons (Fsp3) is 0.462. The Bertz CT molecular complexity index is 455. The second-order valence-corrected chi connectivity index (χ2v) is 4.27. The molecule has 0 aliphatic heterocycles. The van der Waals surface area contributed by atoms with Gasteiger partial charge in [-0.1, -0.05) is 6.58 Å². The minimum Gasteiger partial charge on any atom is -0.481 e. The summed E-state index contributed by atoms with van der Waals surface area (Å²) in [6.07, 6.45) is 3.77. The molecule has 0 heterocycles. The molecule has 0 aromatic rings. The summed E-state index contributed by atoms with van der Waals surface area (Å²) in [4.78, 5) is 33.6. The third kappa shape index (κ3) is 3.85. The molecule has 0 radical (unpaired) electrons. The maximum Gasteiger partial charge on any atom is 0.322 e. The van der Waals surface area contributed by atoms with Gasteiger partial charge in [-0.2, -0.15) is 0 Å². The van der Waals surface area contributed by atoms with Crippen LogP contribution in [0.25, 0.3) is 0 Å². The number of allylic oxidation sites excluding steroid dienone is 1. The van der Waals surface area contributed by atoms with Gasteiger partial charge in [0, 0.05) is 0 Å². The Morgan fingerprint density at radius 3 is 2.32 bits per heavy atom. The zero-order valence-electron chi connectivity index (χ0n) is 10.2. The molecule has 1 fully saturated rings. The van der Waals surface area contributed by atoms with Gasteiger partial charge in [-0.15, -0.1) is 0 Å². The average molecular weight is 266 g/mol. The quantitative estimate of drug-likeness (QED) is 0.581. The van der Waals surface area contributed by atoms with Crippen LogP contribution >= 0.6 is 0 Å². The highest BCUT2D eigenvalue weighted by Crippen LogP contribution is 2.35. The van der Waals surface area contributed by atoms with E-state index >= 15 is 0 Å². The number of ether oxygens (including phenoxy) is 1. The van der Waals surface area contributed by atoms with Crippen molar-refractivity contribution in [3.63, 3.8) is 0 Å². The Labute approximate surface area is 110 Å². The van der Waals surface area contributed by atoms with E-state index in [1.807, 2.05) is 0 Å². The first-order valence-electron chi connectivity index (χ1n) is 5.75. The van der Waals surface area contributed by atoms with Gasteiger partial charge in [-0.3, -0.25) is 14.4 Å². The number of rotatable bonds is 3. The zero-order chi connectivity index (χ0) is 14.4. The molecule has 1 rings (SSSR count).